The van der Waals surface area contributed by atoms with Gasteiger partial charge in [-0.3, -0.25) is 0 Å². The molecular formula is C9H23N2+. The van der Waals surface area contributed by atoms with Crippen molar-refractivity contribution >= 4 is 0 Å². The Morgan fingerprint density at radius 2 is 1.73 bits per heavy atom. The summed E-state index contributed by atoms with van der Waals surface area (Å²) in [5, 5.41) is 0. The number of nitrogens with zero attached hydrogens (tertiary/aromatic N) is 2. The highest BCUT2D eigenvalue weighted by Gasteiger charge is 2.10. The Balaban J connectivity index is 3.38. The van der Waals surface area contributed by atoms with E-state index in [1.54, 1.807) is 0 Å². The molecule has 0 spiro atoms. The van der Waals surface area contributed by atoms with Gasteiger partial charge in [-0.2, -0.15) is 0 Å². The molecule has 0 radical (unpaired) electrons. The first-order valence-electron chi connectivity index (χ1n) is 4.44. The van der Waals surface area contributed by atoms with Gasteiger partial charge in [-0.1, -0.05) is 0 Å². The van der Waals surface area contributed by atoms with Crippen LogP contribution in [0.25, 0.3) is 0 Å². The highest BCUT2D eigenvalue weighted by molar-refractivity contribution is 4.42. The van der Waals surface area contributed by atoms with Crippen molar-refractivity contribution in [1.29, 1.82) is 0 Å². The van der Waals surface area contributed by atoms with Crippen molar-refractivity contribution in [3.05, 3.63) is 0 Å². The summed E-state index contributed by atoms with van der Waals surface area (Å²) in [7, 11) is 8.84. The summed E-state index contributed by atoms with van der Waals surface area (Å²) in [6.45, 7) is 5.97. The summed E-state index contributed by atoms with van der Waals surface area (Å²) in [4.78, 5) is 2.25. The first-order valence-corrected chi connectivity index (χ1v) is 4.44. The molecule has 0 atom stereocenters. The monoisotopic (exact) mass is 159 g/mol. The Morgan fingerprint density at radius 3 is 2.09 bits per heavy atom. The molecule has 11 heavy (non-hydrogen) atoms. The van der Waals surface area contributed by atoms with Crippen molar-refractivity contribution in [2.24, 2.45) is 0 Å². The largest absolute Gasteiger partial charge is 0.329 e. The van der Waals surface area contributed by atoms with Crippen molar-refractivity contribution < 1.29 is 4.48 Å². The van der Waals surface area contributed by atoms with Crippen LogP contribution in [0.15, 0.2) is 0 Å². The minimum atomic E-state index is 1.15. The van der Waals surface area contributed by atoms with Gasteiger partial charge < -0.3 is 9.38 Å². The number of hydrogen-bond donors (Lipinski definition) is 0. The molecule has 0 aliphatic rings. The Hall–Kier alpha value is -0.0800. The topological polar surface area (TPSA) is 3.24 Å². The second-order valence-corrected chi connectivity index (χ2v) is 4.13. The molecule has 0 N–H and O–H groups in total. The van der Waals surface area contributed by atoms with Crippen LogP contribution in [0.2, 0.25) is 0 Å². The van der Waals surface area contributed by atoms with Crippen molar-refractivity contribution in [2.75, 3.05) is 47.8 Å². The van der Waals surface area contributed by atoms with Crippen molar-refractivity contribution in [1.82, 2.24) is 4.90 Å². The molecule has 68 valence electrons. The third kappa shape index (κ3) is 6.32. The zero-order valence-corrected chi connectivity index (χ0v) is 8.72. The molecule has 0 aromatic carbocycles. The average molecular weight is 159 g/mol. The maximum absolute atomic E-state index is 2.29. The molecule has 0 saturated carbocycles. The van der Waals surface area contributed by atoms with Gasteiger partial charge in [-0.05, 0) is 21.0 Å². The predicted octanol–water partition coefficient (Wildman–Crippen LogP) is 1.03. The van der Waals surface area contributed by atoms with Crippen LogP contribution in [0, 0.1) is 0 Å². The van der Waals surface area contributed by atoms with Crippen LogP contribution in [0.4, 0.5) is 0 Å². The second-order valence-electron chi connectivity index (χ2n) is 4.13. The van der Waals surface area contributed by atoms with E-state index in [4.69, 9.17) is 0 Å². The van der Waals surface area contributed by atoms with Gasteiger partial charge in [0.15, 0.2) is 0 Å². The molecule has 2 nitrogen and oxygen atoms in total. The lowest BCUT2D eigenvalue weighted by atomic mass is 10.3. The lowest BCUT2D eigenvalue weighted by molar-refractivity contribution is -0.888. The van der Waals surface area contributed by atoms with Crippen LogP contribution in [-0.4, -0.2) is 57.2 Å². The zero-order chi connectivity index (χ0) is 8.91. The molecule has 0 heterocycles. The summed E-state index contributed by atoms with van der Waals surface area (Å²) in [5.74, 6) is 0. The quantitative estimate of drug-likeness (QED) is 0.542. The fraction of sp³-hybridized carbons (Fsp3) is 1.00. The van der Waals surface area contributed by atoms with Crippen LogP contribution in [0.1, 0.15) is 13.3 Å². The smallest absolute Gasteiger partial charge is 0.0794 e. The molecular weight excluding hydrogens is 136 g/mol. The highest BCUT2D eigenvalue weighted by Crippen LogP contribution is 1.98. The Kier molecular flexibility index (Phi) is 4.69. The fourth-order valence-electron chi connectivity index (χ4n) is 0.973. The minimum absolute atomic E-state index is 1.15. The fourth-order valence-corrected chi connectivity index (χ4v) is 0.973. The molecule has 0 fully saturated rings. The van der Waals surface area contributed by atoms with Crippen LogP contribution < -0.4 is 0 Å². The van der Waals surface area contributed by atoms with Crippen LogP contribution in [0.3, 0.4) is 0 Å². The summed E-state index contributed by atoms with van der Waals surface area (Å²) < 4.78 is 1.15. The van der Waals surface area contributed by atoms with Crippen molar-refractivity contribution in [2.45, 2.75) is 13.3 Å². The summed E-state index contributed by atoms with van der Waals surface area (Å²) in [5.41, 5.74) is 0. The molecule has 0 aromatic heterocycles. The highest BCUT2D eigenvalue weighted by atomic mass is 15.3. The van der Waals surface area contributed by atoms with Crippen molar-refractivity contribution in [3.63, 3.8) is 0 Å². The van der Waals surface area contributed by atoms with Crippen LogP contribution >= 0.6 is 0 Å². The molecule has 0 aliphatic carbocycles. The maximum atomic E-state index is 2.29. The van der Waals surface area contributed by atoms with E-state index in [1.165, 1.54) is 26.1 Å². The normalized spacial score (nSPS) is 12.5. The van der Waals surface area contributed by atoms with Crippen molar-refractivity contribution in [3.8, 4) is 0 Å². The third-order valence-electron chi connectivity index (χ3n) is 2.22. The van der Waals surface area contributed by atoms with Gasteiger partial charge in [0, 0.05) is 13.0 Å². The molecule has 0 saturated heterocycles. The molecule has 0 rings (SSSR count). The van der Waals surface area contributed by atoms with Gasteiger partial charge in [0.25, 0.3) is 0 Å². The number of quaternary nitrogens is 1. The lowest BCUT2D eigenvalue weighted by Crippen LogP contribution is -2.40. The standard InChI is InChI=1S/C9H23N2/c1-6-11(4,5)9-7-8-10(2)3/h6-9H2,1-5H3/q+1. The Morgan fingerprint density at radius 1 is 1.18 bits per heavy atom. The van der Waals surface area contributed by atoms with E-state index in [-0.39, 0.29) is 0 Å². The molecule has 0 unspecified atom stereocenters. The molecule has 2 heteroatoms. The molecule has 0 aliphatic heterocycles. The zero-order valence-electron chi connectivity index (χ0n) is 8.72. The molecule has 0 bridgehead atoms. The van der Waals surface area contributed by atoms with Gasteiger partial charge in [0.1, 0.15) is 0 Å². The minimum Gasteiger partial charge on any atom is -0.329 e. The molecule has 0 aromatic rings. The summed E-state index contributed by atoms with van der Waals surface area (Å²) >= 11 is 0. The van der Waals surface area contributed by atoms with Gasteiger partial charge in [0.05, 0.1) is 27.2 Å². The van der Waals surface area contributed by atoms with Gasteiger partial charge >= 0.3 is 0 Å². The van der Waals surface area contributed by atoms with E-state index in [1.807, 2.05) is 0 Å². The third-order valence-corrected chi connectivity index (χ3v) is 2.22. The van der Waals surface area contributed by atoms with Gasteiger partial charge in [-0.15, -0.1) is 0 Å². The van der Waals surface area contributed by atoms with E-state index in [2.05, 4.69) is 40.0 Å². The number of hydrogen-bond acceptors (Lipinski definition) is 1. The van der Waals surface area contributed by atoms with Gasteiger partial charge in [0.2, 0.25) is 0 Å². The van der Waals surface area contributed by atoms with Crippen LogP contribution in [0.5, 0.6) is 0 Å². The number of rotatable bonds is 5. The van der Waals surface area contributed by atoms with E-state index >= 15 is 0 Å². The Labute approximate surface area is 71.4 Å². The van der Waals surface area contributed by atoms with Gasteiger partial charge in [-0.25, -0.2) is 0 Å². The van der Waals surface area contributed by atoms with E-state index < -0.39 is 0 Å². The van der Waals surface area contributed by atoms with E-state index in [0.717, 1.165) is 4.48 Å². The predicted molar refractivity (Wildman–Crippen MR) is 50.7 cm³/mol. The average Bonchev–Trinajstić information content (AvgIpc) is 1.87. The first-order chi connectivity index (χ1) is 4.98. The maximum Gasteiger partial charge on any atom is 0.0794 e. The summed E-state index contributed by atoms with van der Waals surface area (Å²) in [6.07, 6.45) is 1.30. The first kappa shape index (κ1) is 10.9. The van der Waals surface area contributed by atoms with E-state index in [0.29, 0.717) is 0 Å². The van der Waals surface area contributed by atoms with Crippen LogP contribution in [-0.2, 0) is 0 Å². The van der Waals surface area contributed by atoms with E-state index in [9.17, 15) is 0 Å². The second kappa shape index (κ2) is 4.73. The summed E-state index contributed by atoms with van der Waals surface area (Å²) in [6, 6.07) is 0. The SMILES string of the molecule is CC[N+](C)(C)CCCN(C)C. The molecule has 0 amide bonds. The lowest BCUT2D eigenvalue weighted by Gasteiger charge is -2.28. The Bertz CT molecular complexity index is 97.7.